The summed E-state index contributed by atoms with van der Waals surface area (Å²) in [4.78, 5) is 32.8. The molecular weight excluding hydrogens is 236 g/mol. The second kappa shape index (κ2) is 4.67. The molecule has 5 heteroatoms. The van der Waals surface area contributed by atoms with Crippen molar-refractivity contribution in [3.8, 4) is 0 Å². The van der Waals surface area contributed by atoms with Crippen LogP contribution in [0.3, 0.4) is 0 Å². The first-order valence-electron chi connectivity index (χ1n) is 5.03. The van der Waals surface area contributed by atoms with Crippen molar-refractivity contribution in [2.75, 3.05) is 0 Å². The van der Waals surface area contributed by atoms with Gasteiger partial charge in [0, 0.05) is 6.08 Å². The molecule has 2 aromatic rings. The molecule has 5 nitrogen and oxygen atoms in total. The molecule has 0 saturated heterocycles. The van der Waals surface area contributed by atoms with E-state index in [0.29, 0.717) is 17.4 Å². The quantitative estimate of drug-likeness (QED) is 0.656. The summed E-state index contributed by atoms with van der Waals surface area (Å²) in [5.41, 5.74) is 0.386. The summed E-state index contributed by atoms with van der Waals surface area (Å²) in [5.74, 6) is -1.08. The van der Waals surface area contributed by atoms with E-state index in [1.165, 1.54) is 12.1 Å². The van der Waals surface area contributed by atoms with Crippen molar-refractivity contribution < 1.29 is 19.1 Å². The molecule has 0 fully saturated rings. The summed E-state index contributed by atoms with van der Waals surface area (Å²) in [6.45, 7) is 0. The number of carboxylic acids is 1. The van der Waals surface area contributed by atoms with Crippen LogP contribution in [0.1, 0.15) is 15.9 Å². The summed E-state index contributed by atoms with van der Waals surface area (Å²) in [5, 5.41) is 8.75. The molecule has 1 N–H and O–H groups in total. The van der Waals surface area contributed by atoms with Gasteiger partial charge in [0.05, 0.1) is 10.9 Å². The number of aldehydes is 1. The Kier molecular flexibility index (Phi) is 3.05. The Hall–Kier alpha value is -2.69. The number of carboxylic acid groups (broad SMARTS) is 1. The van der Waals surface area contributed by atoms with Gasteiger partial charge in [-0.15, -0.1) is 0 Å². The SMILES string of the molecule is O=Cc1coc2ccc(C=CC(=O)O)cc2c1=O. The molecular formula is C13H8O5. The molecule has 1 heterocycles. The average molecular weight is 244 g/mol. The molecule has 0 aliphatic rings. The predicted molar refractivity (Wildman–Crippen MR) is 64.5 cm³/mol. The smallest absolute Gasteiger partial charge is 0.328 e. The zero-order valence-corrected chi connectivity index (χ0v) is 9.12. The van der Waals surface area contributed by atoms with Crippen molar-refractivity contribution in [1.29, 1.82) is 0 Å². The van der Waals surface area contributed by atoms with Gasteiger partial charge in [-0.25, -0.2) is 4.79 Å². The van der Waals surface area contributed by atoms with Crippen LogP contribution in [-0.2, 0) is 4.79 Å². The molecule has 0 aliphatic carbocycles. The van der Waals surface area contributed by atoms with Crippen LogP contribution in [0, 0.1) is 0 Å². The highest BCUT2D eigenvalue weighted by molar-refractivity contribution is 5.88. The Morgan fingerprint density at radius 3 is 2.78 bits per heavy atom. The molecule has 0 bridgehead atoms. The highest BCUT2D eigenvalue weighted by atomic mass is 16.4. The van der Waals surface area contributed by atoms with Crippen LogP contribution in [0.15, 0.2) is 39.7 Å². The summed E-state index contributed by atoms with van der Waals surface area (Å²) in [6.07, 6.45) is 3.84. The summed E-state index contributed by atoms with van der Waals surface area (Å²) in [6, 6.07) is 4.64. The number of fused-ring (bicyclic) bond motifs is 1. The first-order valence-corrected chi connectivity index (χ1v) is 5.03. The van der Waals surface area contributed by atoms with Crippen LogP contribution in [0.2, 0.25) is 0 Å². The topological polar surface area (TPSA) is 84.6 Å². The third-order valence-corrected chi connectivity index (χ3v) is 2.37. The standard InChI is InChI=1S/C13H8O5/c14-6-9-7-18-11-3-1-8(2-4-12(15)16)5-10(11)13(9)17/h1-7H,(H,15,16). The van der Waals surface area contributed by atoms with E-state index in [1.54, 1.807) is 12.1 Å². The largest absolute Gasteiger partial charge is 0.478 e. The number of hydrogen-bond acceptors (Lipinski definition) is 4. The lowest BCUT2D eigenvalue weighted by Gasteiger charge is -1.99. The molecule has 1 aromatic heterocycles. The van der Waals surface area contributed by atoms with Crippen LogP contribution in [0.4, 0.5) is 0 Å². The number of aliphatic carboxylic acids is 1. The Balaban J connectivity index is 2.62. The summed E-state index contributed by atoms with van der Waals surface area (Å²) in [7, 11) is 0. The fourth-order valence-corrected chi connectivity index (χ4v) is 1.52. The van der Waals surface area contributed by atoms with E-state index < -0.39 is 11.4 Å². The summed E-state index contributed by atoms with van der Waals surface area (Å²) < 4.78 is 5.12. The minimum atomic E-state index is -1.08. The van der Waals surface area contributed by atoms with Crippen LogP contribution in [0.25, 0.3) is 17.0 Å². The van der Waals surface area contributed by atoms with E-state index in [9.17, 15) is 14.4 Å². The number of benzene rings is 1. The molecule has 0 radical (unpaired) electrons. The molecule has 90 valence electrons. The number of hydrogen-bond donors (Lipinski definition) is 1. The monoisotopic (exact) mass is 244 g/mol. The minimum absolute atomic E-state index is 0.0677. The molecule has 18 heavy (non-hydrogen) atoms. The molecule has 0 atom stereocenters. The van der Waals surface area contributed by atoms with Gasteiger partial charge in [-0.05, 0) is 23.8 Å². The van der Waals surface area contributed by atoms with Crippen molar-refractivity contribution in [1.82, 2.24) is 0 Å². The second-order valence-corrected chi connectivity index (χ2v) is 3.57. The molecule has 2 rings (SSSR count). The van der Waals surface area contributed by atoms with Crippen molar-refractivity contribution in [3.63, 3.8) is 0 Å². The van der Waals surface area contributed by atoms with Crippen molar-refractivity contribution in [2.45, 2.75) is 0 Å². The number of carbonyl (C=O) groups is 2. The van der Waals surface area contributed by atoms with E-state index in [1.807, 2.05) is 0 Å². The van der Waals surface area contributed by atoms with Gasteiger partial charge in [0.2, 0.25) is 5.43 Å². The van der Waals surface area contributed by atoms with Gasteiger partial charge >= 0.3 is 5.97 Å². The fourth-order valence-electron chi connectivity index (χ4n) is 1.52. The van der Waals surface area contributed by atoms with Crippen LogP contribution < -0.4 is 5.43 Å². The molecule has 1 aromatic carbocycles. The lowest BCUT2D eigenvalue weighted by molar-refractivity contribution is -0.131. The average Bonchev–Trinajstić information content (AvgIpc) is 2.37. The first-order chi connectivity index (χ1) is 8.61. The first kappa shape index (κ1) is 11.8. The zero-order valence-electron chi connectivity index (χ0n) is 9.12. The van der Waals surface area contributed by atoms with E-state index >= 15 is 0 Å². The van der Waals surface area contributed by atoms with Crippen molar-refractivity contribution >= 4 is 29.3 Å². The normalized spacial score (nSPS) is 10.9. The predicted octanol–water partition coefficient (Wildman–Crippen LogP) is 1.70. The Morgan fingerprint density at radius 2 is 2.11 bits per heavy atom. The maximum atomic E-state index is 11.8. The highest BCUT2D eigenvalue weighted by Crippen LogP contribution is 2.14. The third-order valence-electron chi connectivity index (χ3n) is 2.37. The fraction of sp³-hybridized carbons (Fsp3) is 0. The maximum Gasteiger partial charge on any atom is 0.328 e. The molecule has 0 amide bonds. The van der Waals surface area contributed by atoms with Gasteiger partial charge in [-0.2, -0.15) is 0 Å². The highest BCUT2D eigenvalue weighted by Gasteiger charge is 2.06. The number of carbonyl (C=O) groups excluding carboxylic acids is 1. The molecule has 0 aliphatic heterocycles. The Bertz CT molecular complexity index is 709. The van der Waals surface area contributed by atoms with Gasteiger partial charge < -0.3 is 9.52 Å². The maximum absolute atomic E-state index is 11.8. The Morgan fingerprint density at radius 1 is 1.33 bits per heavy atom. The van der Waals surface area contributed by atoms with Gasteiger partial charge in [-0.3, -0.25) is 9.59 Å². The molecule has 0 spiro atoms. The molecule has 0 saturated carbocycles. The van der Waals surface area contributed by atoms with Gasteiger partial charge in [0.1, 0.15) is 11.8 Å². The van der Waals surface area contributed by atoms with Crippen LogP contribution >= 0.6 is 0 Å². The van der Waals surface area contributed by atoms with E-state index in [-0.39, 0.29) is 10.9 Å². The van der Waals surface area contributed by atoms with Gasteiger partial charge in [-0.1, -0.05) is 6.07 Å². The van der Waals surface area contributed by atoms with Crippen LogP contribution in [-0.4, -0.2) is 17.4 Å². The summed E-state index contributed by atoms with van der Waals surface area (Å²) >= 11 is 0. The lowest BCUT2D eigenvalue weighted by atomic mass is 10.1. The zero-order chi connectivity index (χ0) is 13.1. The minimum Gasteiger partial charge on any atom is -0.478 e. The third kappa shape index (κ3) is 2.20. The number of rotatable bonds is 3. The Labute approximate surface area is 101 Å². The lowest BCUT2D eigenvalue weighted by Crippen LogP contribution is -2.07. The van der Waals surface area contributed by atoms with E-state index in [2.05, 4.69) is 0 Å². The van der Waals surface area contributed by atoms with E-state index in [0.717, 1.165) is 12.3 Å². The molecule has 0 unspecified atom stereocenters. The van der Waals surface area contributed by atoms with Gasteiger partial charge in [0.25, 0.3) is 0 Å². The van der Waals surface area contributed by atoms with Crippen molar-refractivity contribution in [2.24, 2.45) is 0 Å². The second-order valence-electron chi connectivity index (χ2n) is 3.57. The van der Waals surface area contributed by atoms with E-state index in [4.69, 9.17) is 9.52 Å². The van der Waals surface area contributed by atoms with Gasteiger partial charge in [0.15, 0.2) is 6.29 Å². The van der Waals surface area contributed by atoms with Crippen LogP contribution in [0.5, 0.6) is 0 Å². The van der Waals surface area contributed by atoms with Crippen molar-refractivity contribution in [3.05, 3.63) is 51.9 Å².